The summed E-state index contributed by atoms with van der Waals surface area (Å²) < 4.78 is 20.0. The van der Waals surface area contributed by atoms with Crippen molar-refractivity contribution >= 4 is 16.5 Å². The Morgan fingerprint density at radius 2 is 1.90 bits per heavy atom. The van der Waals surface area contributed by atoms with Crippen molar-refractivity contribution in [2.24, 2.45) is 0 Å². The Kier molecular flexibility index (Phi) is 2.89. The predicted octanol–water partition coefficient (Wildman–Crippen LogP) is 4.40. The third-order valence-electron chi connectivity index (χ3n) is 3.66. The Hall–Kier alpha value is -1.77. The van der Waals surface area contributed by atoms with E-state index < -0.39 is 0 Å². The SMILES string of the molecule is CC(C)(C)c1cc(N)cc2ccc(F)c(OC3CC3)c12. The molecule has 106 valence electrons. The molecule has 1 fully saturated rings. The van der Waals surface area contributed by atoms with E-state index in [0.717, 1.165) is 29.2 Å². The molecule has 2 aromatic carbocycles. The summed E-state index contributed by atoms with van der Waals surface area (Å²) in [7, 11) is 0. The first-order valence-electron chi connectivity index (χ1n) is 7.05. The molecule has 2 N–H and O–H groups in total. The molecule has 3 rings (SSSR count). The van der Waals surface area contributed by atoms with Crippen LogP contribution in [0.25, 0.3) is 10.8 Å². The zero-order chi connectivity index (χ0) is 14.5. The first-order valence-corrected chi connectivity index (χ1v) is 7.05. The summed E-state index contributed by atoms with van der Waals surface area (Å²) >= 11 is 0. The Bertz CT molecular complexity index is 669. The maximum atomic E-state index is 14.2. The summed E-state index contributed by atoms with van der Waals surface area (Å²) in [5, 5.41) is 1.80. The van der Waals surface area contributed by atoms with Gasteiger partial charge in [-0.15, -0.1) is 0 Å². The highest BCUT2D eigenvalue weighted by atomic mass is 19.1. The number of nitrogen functional groups attached to an aromatic ring is 1. The average molecular weight is 273 g/mol. The minimum atomic E-state index is -0.292. The van der Waals surface area contributed by atoms with Gasteiger partial charge in [-0.2, -0.15) is 0 Å². The maximum Gasteiger partial charge on any atom is 0.165 e. The van der Waals surface area contributed by atoms with Gasteiger partial charge in [0.25, 0.3) is 0 Å². The fraction of sp³-hybridized carbons (Fsp3) is 0.412. The van der Waals surface area contributed by atoms with Crippen LogP contribution in [0.2, 0.25) is 0 Å². The van der Waals surface area contributed by atoms with E-state index in [1.165, 1.54) is 6.07 Å². The van der Waals surface area contributed by atoms with Gasteiger partial charge in [-0.1, -0.05) is 26.8 Å². The van der Waals surface area contributed by atoms with Crippen molar-refractivity contribution in [2.75, 3.05) is 5.73 Å². The van der Waals surface area contributed by atoms with Crippen LogP contribution < -0.4 is 10.5 Å². The molecule has 0 radical (unpaired) electrons. The van der Waals surface area contributed by atoms with Crippen molar-refractivity contribution in [3.63, 3.8) is 0 Å². The van der Waals surface area contributed by atoms with Gasteiger partial charge >= 0.3 is 0 Å². The summed E-state index contributed by atoms with van der Waals surface area (Å²) in [5.74, 6) is 0.0922. The van der Waals surface area contributed by atoms with Crippen LogP contribution >= 0.6 is 0 Å². The van der Waals surface area contributed by atoms with E-state index in [1.807, 2.05) is 12.1 Å². The Morgan fingerprint density at radius 3 is 2.50 bits per heavy atom. The van der Waals surface area contributed by atoms with Crippen LogP contribution in [0.4, 0.5) is 10.1 Å². The molecule has 0 spiro atoms. The normalized spacial score (nSPS) is 15.6. The highest BCUT2D eigenvalue weighted by molar-refractivity contribution is 5.94. The molecule has 1 aliphatic carbocycles. The van der Waals surface area contributed by atoms with Gasteiger partial charge in [0.2, 0.25) is 0 Å². The van der Waals surface area contributed by atoms with Gasteiger partial charge in [-0.25, -0.2) is 4.39 Å². The van der Waals surface area contributed by atoms with E-state index in [9.17, 15) is 4.39 Å². The lowest BCUT2D eigenvalue weighted by atomic mass is 9.83. The lowest BCUT2D eigenvalue weighted by Gasteiger charge is -2.24. The molecule has 0 aromatic heterocycles. The second kappa shape index (κ2) is 4.37. The molecule has 0 unspecified atom stereocenters. The summed E-state index contributed by atoms with van der Waals surface area (Å²) in [6, 6.07) is 7.05. The molecule has 20 heavy (non-hydrogen) atoms. The van der Waals surface area contributed by atoms with Gasteiger partial charge in [-0.3, -0.25) is 0 Å². The second-order valence-electron chi connectivity index (χ2n) is 6.61. The van der Waals surface area contributed by atoms with Crippen molar-refractivity contribution in [2.45, 2.75) is 45.1 Å². The molecule has 0 amide bonds. The smallest absolute Gasteiger partial charge is 0.165 e. The number of rotatable bonds is 2. The topological polar surface area (TPSA) is 35.2 Å². The van der Waals surface area contributed by atoms with Crippen LogP contribution in [0.3, 0.4) is 0 Å². The van der Waals surface area contributed by atoms with Crippen LogP contribution in [0.1, 0.15) is 39.2 Å². The van der Waals surface area contributed by atoms with E-state index in [4.69, 9.17) is 10.5 Å². The van der Waals surface area contributed by atoms with Gasteiger partial charge in [0.15, 0.2) is 11.6 Å². The summed E-state index contributed by atoms with van der Waals surface area (Å²) in [4.78, 5) is 0. The van der Waals surface area contributed by atoms with Crippen LogP contribution in [0.15, 0.2) is 24.3 Å². The number of anilines is 1. The quantitative estimate of drug-likeness (QED) is 0.823. The first-order chi connectivity index (χ1) is 9.36. The number of hydrogen-bond acceptors (Lipinski definition) is 2. The van der Waals surface area contributed by atoms with E-state index in [2.05, 4.69) is 20.8 Å². The molecular weight excluding hydrogens is 253 g/mol. The molecule has 2 aromatic rings. The number of ether oxygens (including phenoxy) is 1. The van der Waals surface area contributed by atoms with E-state index in [0.29, 0.717) is 11.4 Å². The van der Waals surface area contributed by atoms with Crippen LogP contribution in [0.5, 0.6) is 5.75 Å². The Balaban J connectivity index is 2.32. The van der Waals surface area contributed by atoms with Crippen molar-refractivity contribution in [3.8, 4) is 5.75 Å². The highest BCUT2D eigenvalue weighted by Crippen LogP contribution is 2.41. The third kappa shape index (κ3) is 2.33. The van der Waals surface area contributed by atoms with Crippen molar-refractivity contribution in [1.29, 1.82) is 0 Å². The number of fused-ring (bicyclic) bond motifs is 1. The standard InChI is InChI=1S/C17H20FNO/c1-17(2,3)13-9-11(19)8-10-4-7-14(18)16(15(10)13)20-12-5-6-12/h4,7-9,12H,5-6,19H2,1-3H3. The Morgan fingerprint density at radius 1 is 1.20 bits per heavy atom. The van der Waals surface area contributed by atoms with Gasteiger partial charge in [0.05, 0.1) is 6.10 Å². The highest BCUT2D eigenvalue weighted by Gasteiger charge is 2.28. The third-order valence-corrected chi connectivity index (χ3v) is 3.66. The second-order valence-corrected chi connectivity index (χ2v) is 6.61. The van der Waals surface area contributed by atoms with E-state index in [-0.39, 0.29) is 17.3 Å². The number of benzene rings is 2. The molecular formula is C17H20FNO. The molecule has 0 aliphatic heterocycles. The van der Waals surface area contributed by atoms with Gasteiger partial charge in [0.1, 0.15) is 0 Å². The fourth-order valence-corrected chi connectivity index (χ4v) is 2.49. The largest absolute Gasteiger partial charge is 0.487 e. The van der Waals surface area contributed by atoms with Crippen molar-refractivity contribution in [3.05, 3.63) is 35.6 Å². The van der Waals surface area contributed by atoms with Gasteiger partial charge in [-0.05, 0) is 47.4 Å². The fourth-order valence-electron chi connectivity index (χ4n) is 2.49. The van der Waals surface area contributed by atoms with Gasteiger partial charge < -0.3 is 10.5 Å². The first kappa shape index (κ1) is 13.2. The zero-order valence-electron chi connectivity index (χ0n) is 12.2. The predicted molar refractivity (Wildman–Crippen MR) is 80.7 cm³/mol. The molecule has 1 aliphatic rings. The molecule has 2 nitrogen and oxygen atoms in total. The van der Waals surface area contributed by atoms with E-state index >= 15 is 0 Å². The number of nitrogens with two attached hydrogens (primary N) is 1. The zero-order valence-corrected chi connectivity index (χ0v) is 12.2. The summed E-state index contributed by atoms with van der Waals surface area (Å²) in [5.41, 5.74) is 7.60. The lowest BCUT2D eigenvalue weighted by molar-refractivity contribution is 0.291. The minimum Gasteiger partial charge on any atom is -0.487 e. The summed E-state index contributed by atoms with van der Waals surface area (Å²) in [6.45, 7) is 6.31. The number of halogens is 1. The molecule has 1 saturated carbocycles. The average Bonchev–Trinajstić information content (AvgIpc) is 3.14. The maximum absolute atomic E-state index is 14.2. The monoisotopic (exact) mass is 273 g/mol. The van der Waals surface area contributed by atoms with Crippen molar-refractivity contribution in [1.82, 2.24) is 0 Å². The van der Waals surface area contributed by atoms with Crippen molar-refractivity contribution < 1.29 is 9.13 Å². The lowest BCUT2D eigenvalue weighted by Crippen LogP contribution is -2.13. The van der Waals surface area contributed by atoms with Gasteiger partial charge in [0, 0.05) is 11.1 Å². The summed E-state index contributed by atoms with van der Waals surface area (Å²) in [6.07, 6.45) is 2.19. The molecule has 0 saturated heterocycles. The van der Waals surface area contributed by atoms with Crippen LogP contribution in [0, 0.1) is 5.82 Å². The molecule has 0 atom stereocenters. The Labute approximate surface area is 118 Å². The molecule has 0 heterocycles. The van der Waals surface area contributed by atoms with Crippen LogP contribution in [-0.4, -0.2) is 6.10 Å². The molecule has 3 heteroatoms. The van der Waals surface area contributed by atoms with E-state index in [1.54, 1.807) is 6.07 Å². The van der Waals surface area contributed by atoms with Crippen LogP contribution in [-0.2, 0) is 5.41 Å². The number of hydrogen-bond donors (Lipinski definition) is 1. The molecule has 0 bridgehead atoms. The minimum absolute atomic E-state index is 0.122.